The Kier molecular flexibility index (Phi) is 8.18. The first-order valence-electron chi connectivity index (χ1n) is 4.30. The van der Waals surface area contributed by atoms with Gasteiger partial charge in [0, 0.05) is 0 Å². The summed E-state index contributed by atoms with van der Waals surface area (Å²) in [6.07, 6.45) is 0.972. The number of Topliss-reactive ketones (excluding diaryl/α,β-unsaturated/α-hetero) is 2. The van der Waals surface area contributed by atoms with Crippen LogP contribution in [0, 0.1) is 5.92 Å². The third kappa shape index (κ3) is 5.58. The molecule has 15 heavy (non-hydrogen) atoms. The van der Waals surface area contributed by atoms with Crippen molar-refractivity contribution >= 4 is 20.4 Å². The molecule has 2 unspecified atom stereocenters. The number of carbonyl (C=O) groups is 2. The molecule has 0 aliphatic heterocycles. The zero-order chi connectivity index (χ0) is 11.8. The van der Waals surface area contributed by atoms with Gasteiger partial charge in [-0.1, -0.05) is 0 Å². The van der Waals surface area contributed by atoms with Crippen LogP contribution in [0.15, 0.2) is 12.8 Å². The van der Waals surface area contributed by atoms with Crippen LogP contribution in [0.1, 0.15) is 13.3 Å². The number of carbonyl (C=O) groups excluding carboxylic acids is 2. The van der Waals surface area contributed by atoms with Crippen LogP contribution in [0.5, 0.6) is 0 Å². The third-order valence-electron chi connectivity index (χ3n) is 1.77. The maximum atomic E-state index is 11.8. The molecule has 0 aromatic rings. The van der Waals surface area contributed by atoms with Gasteiger partial charge in [0.15, 0.2) is 0 Å². The van der Waals surface area contributed by atoms with E-state index in [1.54, 1.807) is 15.7 Å². The van der Waals surface area contributed by atoms with Gasteiger partial charge in [-0.25, -0.2) is 0 Å². The molecular weight excluding hydrogens is 536 g/mol. The summed E-state index contributed by atoms with van der Waals surface area (Å²) < 4.78 is 8.36. The van der Waals surface area contributed by atoms with Gasteiger partial charge >= 0.3 is 112 Å². The summed E-state index contributed by atoms with van der Waals surface area (Å²) in [6, 6.07) is 0. The van der Waals surface area contributed by atoms with Crippen LogP contribution in [-0.2, 0) is 53.0 Å². The normalized spacial score (nSPS) is 13.4. The van der Waals surface area contributed by atoms with Crippen molar-refractivity contribution < 1.29 is 53.0 Å². The Morgan fingerprint density at radius 2 is 2.07 bits per heavy atom. The van der Waals surface area contributed by atoms with Crippen LogP contribution < -0.4 is 0 Å². The van der Waals surface area contributed by atoms with E-state index < -0.39 is 6.10 Å². The molecule has 0 bridgehead atoms. The average Bonchev–Trinajstić information content (AvgIpc) is 2.24. The van der Waals surface area contributed by atoms with E-state index in [1.165, 1.54) is 6.26 Å². The zero-order valence-corrected chi connectivity index (χ0v) is 14.2. The van der Waals surface area contributed by atoms with E-state index in [4.69, 9.17) is 4.74 Å². The second kappa shape index (κ2) is 8.18. The van der Waals surface area contributed by atoms with E-state index in [2.05, 4.69) is 6.58 Å². The molecule has 0 saturated carbocycles. The quantitative estimate of drug-likeness (QED) is 0.413. The van der Waals surface area contributed by atoms with Gasteiger partial charge in [0.2, 0.25) is 0 Å². The van der Waals surface area contributed by atoms with Crippen LogP contribution in [0.4, 0.5) is 0 Å². The number of ether oxygens (including phenoxy) is 1. The summed E-state index contributed by atoms with van der Waals surface area (Å²) in [5.41, 5.74) is 0. The fourth-order valence-corrected chi connectivity index (χ4v) is 2.06. The molecule has 0 aromatic carbocycles. The maximum absolute atomic E-state index is 11.8. The molecular formula is C10H12O3W2. The minimum absolute atomic E-state index is 0.0200. The molecule has 0 rings (SSSR count). The van der Waals surface area contributed by atoms with Crippen LogP contribution >= 0.6 is 0 Å². The minimum atomic E-state index is -0.551. The van der Waals surface area contributed by atoms with Crippen LogP contribution in [0.3, 0.4) is 0 Å². The van der Waals surface area contributed by atoms with Crippen molar-refractivity contribution in [2.45, 2.75) is 19.4 Å². The summed E-state index contributed by atoms with van der Waals surface area (Å²) in [4.78, 5) is 22.9. The van der Waals surface area contributed by atoms with Crippen molar-refractivity contribution in [1.82, 2.24) is 0 Å². The van der Waals surface area contributed by atoms with Gasteiger partial charge in [-0.05, 0) is 0 Å². The molecule has 0 aliphatic carbocycles. The van der Waals surface area contributed by atoms with Crippen molar-refractivity contribution in [3.63, 3.8) is 0 Å². The SMILES string of the molecule is C=COC([CH]=[W])C(=O)C(C)CC(=O)[CH]=[W]. The predicted molar refractivity (Wildman–Crippen MR) is 51.0 cm³/mol. The summed E-state index contributed by atoms with van der Waals surface area (Å²) in [5, 5.41) is 0. The topological polar surface area (TPSA) is 43.4 Å². The van der Waals surface area contributed by atoms with Gasteiger partial charge in [-0.2, -0.15) is 0 Å². The van der Waals surface area contributed by atoms with Crippen molar-refractivity contribution in [2.24, 2.45) is 5.92 Å². The Balaban J connectivity index is 4.39. The molecule has 0 amide bonds. The van der Waals surface area contributed by atoms with Gasteiger partial charge < -0.3 is 0 Å². The molecule has 0 heterocycles. The molecule has 0 fully saturated rings. The average molecular weight is 548 g/mol. The number of hydrogen-bond acceptors (Lipinski definition) is 3. The van der Waals surface area contributed by atoms with E-state index in [9.17, 15) is 9.59 Å². The van der Waals surface area contributed by atoms with Crippen LogP contribution in [0.2, 0.25) is 0 Å². The molecule has 2 atom stereocenters. The Bertz CT molecular complexity index is 286. The standard InChI is InChI=1S/C10H12O3.2W/c1-5-13-9(4)10(12)7(2)6-8(3)11;;/h3-5,7,9H,1,6H2,2H3;;. The summed E-state index contributed by atoms with van der Waals surface area (Å²) >= 11 is 2.27. The third-order valence-corrected chi connectivity index (χ3v) is 3.60. The van der Waals surface area contributed by atoms with E-state index >= 15 is 0 Å². The van der Waals surface area contributed by atoms with Gasteiger partial charge in [0.05, 0.1) is 0 Å². The first-order chi connectivity index (χ1) is 7.06. The fraction of sp³-hybridized carbons (Fsp3) is 0.400. The van der Waals surface area contributed by atoms with Crippen molar-refractivity contribution in [3.05, 3.63) is 12.8 Å². The molecule has 0 aromatic heterocycles. The van der Waals surface area contributed by atoms with Crippen LogP contribution in [0.25, 0.3) is 0 Å². The first-order valence-corrected chi connectivity index (χ1v) is 7.69. The van der Waals surface area contributed by atoms with Crippen molar-refractivity contribution in [1.29, 1.82) is 0 Å². The summed E-state index contributed by atoms with van der Waals surface area (Å²) in [6.45, 7) is 5.16. The summed E-state index contributed by atoms with van der Waals surface area (Å²) in [5.74, 6) is -0.338. The van der Waals surface area contributed by atoms with E-state index in [1.807, 2.05) is 0 Å². The molecule has 0 N–H and O–H groups in total. The number of rotatable bonds is 8. The molecule has 82 valence electrons. The number of ketones is 2. The van der Waals surface area contributed by atoms with Crippen molar-refractivity contribution in [2.75, 3.05) is 0 Å². The summed E-state index contributed by atoms with van der Waals surface area (Å²) in [7, 11) is 0. The van der Waals surface area contributed by atoms with Crippen molar-refractivity contribution in [3.8, 4) is 0 Å². The Morgan fingerprint density at radius 1 is 1.47 bits per heavy atom. The van der Waals surface area contributed by atoms with Gasteiger partial charge in [-0.15, -0.1) is 0 Å². The number of hydrogen-bond donors (Lipinski definition) is 0. The molecule has 3 nitrogen and oxygen atoms in total. The second-order valence-corrected chi connectivity index (χ2v) is 4.78. The van der Waals surface area contributed by atoms with E-state index in [0.717, 1.165) is 38.7 Å². The molecule has 0 spiro atoms. The fourth-order valence-electron chi connectivity index (χ4n) is 1.00. The van der Waals surface area contributed by atoms with Crippen LogP contribution in [-0.4, -0.2) is 26.5 Å². The second-order valence-electron chi connectivity index (χ2n) is 2.95. The molecule has 0 radical (unpaired) electrons. The van der Waals surface area contributed by atoms with Gasteiger partial charge in [0.25, 0.3) is 0 Å². The Morgan fingerprint density at radius 3 is 2.47 bits per heavy atom. The zero-order valence-electron chi connectivity index (χ0n) is 8.34. The Hall–Kier alpha value is -0.00338. The van der Waals surface area contributed by atoms with E-state index in [-0.39, 0.29) is 23.9 Å². The molecule has 0 saturated heterocycles. The molecule has 0 aliphatic rings. The molecule has 5 heteroatoms. The van der Waals surface area contributed by atoms with Gasteiger partial charge in [-0.3, -0.25) is 0 Å². The Labute approximate surface area is 111 Å². The predicted octanol–water partition coefficient (Wildman–Crippen LogP) is 0.377. The monoisotopic (exact) mass is 548 g/mol. The first kappa shape index (κ1) is 15.0. The van der Waals surface area contributed by atoms with E-state index in [0.29, 0.717) is 0 Å². The van der Waals surface area contributed by atoms with Gasteiger partial charge in [0.1, 0.15) is 0 Å².